The van der Waals surface area contributed by atoms with Gasteiger partial charge < -0.3 is 9.68 Å². The Kier molecular flexibility index (Phi) is 4.35. The number of carbonyl (C=O) groups excluding carboxylic acids is 2. The summed E-state index contributed by atoms with van der Waals surface area (Å²) in [6, 6.07) is 9.59. The van der Waals surface area contributed by atoms with E-state index < -0.39 is 11.9 Å². The van der Waals surface area contributed by atoms with Crippen molar-refractivity contribution in [3.05, 3.63) is 60.2 Å². The molecule has 102 valence electrons. The highest BCUT2D eigenvalue weighted by Gasteiger charge is 2.17. The summed E-state index contributed by atoms with van der Waals surface area (Å²) in [7, 11) is 1.28. The van der Waals surface area contributed by atoms with Crippen molar-refractivity contribution in [2.24, 2.45) is 0 Å². The van der Waals surface area contributed by atoms with Crippen molar-refractivity contribution >= 4 is 11.9 Å². The molecule has 2 aromatic heterocycles. The Labute approximate surface area is 114 Å². The van der Waals surface area contributed by atoms with Gasteiger partial charge in [-0.15, -0.1) is 0 Å². The molecule has 0 aliphatic rings. The summed E-state index contributed by atoms with van der Waals surface area (Å²) in [6.45, 7) is 0. The van der Waals surface area contributed by atoms with Crippen molar-refractivity contribution in [3.8, 4) is 0 Å². The van der Waals surface area contributed by atoms with Crippen LogP contribution < -0.4 is 0 Å². The molecule has 0 N–H and O–H groups in total. The summed E-state index contributed by atoms with van der Waals surface area (Å²) in [5.74, 6) is -1.47. The molecule has 2 heterocycles. The zero-order valence-electron chi connectivity index (χ0n) is 10.6. The lowest BCUT2D eigenvalue weighted by molar-refractivity contribution is -0.280. The molecule has 7 heteroatoms. The van der Waals surface area contributed by atoms with Gasteiger partial charge in [-0.1, -0.05) is 12.1 Å². The topological polar surface area (TPSA) is 81.6 Å². The fourth-order valence-electron chi connectivity index (χ4n) is 1.31. The van der Waals surface area contributed by atoms with Crippen molar-refractivity contribution in [3.63, 3.8) is 0 Å². The first kappa shape index (κ1) is 13.6. The molecule has 0 aliphatic carbocycles. The van der Waals surface area contributed by atoms with E-state index in [4.69, 9.17) is 9.68 Å². The average molecular weight is 273 g/mol. The Hall–Kier alpha value is -2.80. The molecule has 2 aromatic rings. The van der Waals surface area contributed by atoms with Gasteiger partial charge in [0.1, 0.15) is 11.4 Å². The first-order valence-electron chi connectivity index (χ1n) is 5.67. The molecule has 0 amide bonds. The molecule has 0 aromatic carbocycles. The Bertz CT molecular complexity index is 536. The van der Waals surface area contributed by atoms with Crippen LogP contribution in [0.15, 0.2) is 48.8 Å². The molecular formula is C13H11N3O4. The fourth-order valence-corrected chi connectivity index (χ4v) is 1.31. The van der Waals surface area contributed by atoms with Crippen molar-refractivity contribution in [2.45, 2.75) is 0 Å². The molecule has 0 saturated carbocycles. The van der Waals surface area contributed by atoms with Crippen LogP contribution in [0.1, 0.15) is 21.0 Å². The summed E-state index contributed by atoms with van der Waals surface area (Å²) < 4.78 is 0. The maximum Gasteiger partial charge on any atom is 0.378 e. The minimum Gasteiger partial charge on any atom is -0.327 e. The van der Waals surface area contributed by atoms with Crippen LogP contribution in [0.5, 0.6) is 0 Å². The van der Waals surface area contributed by atoms with Crippen molar-refractivity contribution in [2.75, 3.05) is 7.05 Å². The van der Waals surface area contributed by atoms with E-state index in [1.165, 1.54) is 31.6 Å². The van der Waals surface area contributed by atoms with Crippen molar-refractivity contribution in [1.29, 1.82) is 0 Å². The smallest absolute Gasteiger partial charge is 0.327 e. The summed E-state index contributed by atoms with van der Waals surface area (Å²) in [5, 5.41) is 0.661. The number of aromatic nitrogens is 2. The third-order valence-electron chi connectivity index (χ3n) is 2.17. The van der Waals surface area contributed by atoms with Gasteiger partial charge in [-0.2, -0.15) is 0 Å². The molecule has 7 nitrogen and oxygen atoms in total. The number of rotatable bonds is 4. The molecule has 0 saturated heterocycles. The Morgan fingerprint density at radius 3 is 1.70 bits per heavy atom. The third-order valence-corrected chi connectivity index (χ3v) is 2.17. The van der Waals surface area contributed by atoms with Crippen LogP contribution >= 0.6 is 0 Å². The number of nitrogens with zero attached hydrogens (tertiary/aromatic N) is 3. The minimum absolute atomic E-state index is 0.105. The van der Waals surface area contributed by atoms with Gasteiger partial charge in [-0.05, 0) is 24.3 Å². The summed E-state index contributed by atoms with van der Waals surface area (Å²) >= 11 is 0. The van der Waals surface area contributed by atoms with E-state index in [9.17, 15) is 9.59 Å². The molecule has 0 spiro atoms. The van der Waals surface area contributed by atoms with E-state index in [2.05, 4.69) is 9.97 Å². The van der Waals surface area contributed by atoms with Crippen LogP contribution in [-0.4, -0.2) is 34.2 Å². The molecule has 20 heavy (non-hydrogen) atoms. The number of pyridine rings is 2. The summed E-state index contributed by atoms with van der Waals surface area (Å²) in [6.07, 6.45) is 2.91. The molecule has 0 atom stereocenters. The fraction of sp³-hybridized carbons (Fsp3) is 0.0769. The molecule has 2 rings (SSSR count). The van der Waals surface area contributed by atoms with Gasteiger partial charge in [-0.25, -0.2) is 19.6 Å². The summed E-state index contributed by atoms with van der Waals surface area (Å²) in [4.78, 5) is 40.5. The van der Waals surface area contributed by atoms with Gasteiger partial charge in [0.05, 0.1) is 7.05 Å². The highest BCUT2D eigenvalue weighted by Crippen LogP contribution is 2.02. The van der Waals surface area contributed by atoms with Gasteiger partial charge in [0.2, 0.25) is 0 Å². The second-order valence-corrected chi connectivity index (χ2v) is 3.63. The highest BCUT2D eigenvalue weighted by molar-refractivity contribution is 5.88. The van der Waals surface area contributed by atoms with E-state index in [1.807, 2.05) is 0 Å². The molecule has 0 bridgehead atoms. The minimum atomic E-state index is -0.734. The van der Waals surface area contributed by atoms with Gasteiger partial charge in [-0.3, -0.25) is 0 Å². The number of hydroxylamine groups is 2. The first-order valence-corrected chi connectivity index (χ1v) is 5.67. The van der Waals surface area contributed by atoms with E-state index in [0.29, 0.717) is 5.23 Å². The maximum atomic E-state index is 11.6. The van der Waals surface area contributed by atoms with Gasteiger partial charge in [0.25, 0.3) is 0 Å². The predicted molar refractivity (Wildman–Crippen MR) is 67.1 cm³/mol. The van der Waals surface area contributed by atoms with Crippen LogP contribution in [0.4, 0.5) is 0 Å². The first-order chi connectivity index (χ1) is 9.66. The largest absolute Gasteiger partial charge is 0.378 e. The lowest BCUT2D eigenvalue weighted by atomic mass is 10.4. The molecule has 0 radical (unpaired) electrons. The van der Waals surface area contributed by atoms with E-state index in [-0.39, 0.29) is 11.4 Å². The van der Waals surface area contributed by atoms with Crippen LogP contribution in [0.3, 0.4) is 0 Å². The average Bonchev–Trinajstić information content (AvgIpc) is 2.49. The van der Waals surface area contributed by atoms with Crippen molar-refractivity contribution < 1.29 is 19.3 Å². The van der Waals surface area contributed by atoms with Crippen molar-refractivity contribution in [1.82, 2.24) is 15.2 Å². The van der Waals surface area contributed by atoms with Gasteiger partial charge >= 0.3 is 11.9 Å². The van der Waals surface area contributed by atoms with E-state index >= 15 is 0 Å². The quantitative estimate of drug-likeness (QED) is 0.775. The molecule has 0 aliphatic heterocycles. The zero-order chi connectivity index (χ0) is 14.4. The standard InChI is InChI=1S/C13H11N3O4/c1-16(19-12(17)10-6-2-4-8-14-10)20-13(18)11-7-3-5-9-15-11/h2-9H,1H3. The Morgan fingerprint density at radius 1 is 0.900 bits per heavy atom. The van der Waals surface area contributed by atoms with Gasteiger partial charge in [0.15, 0.2) is 0 Å². The lowest BCUT2D eigenvalue weighted by Gasteiger charge is -2.14. The zero-order valence-corrected chi connectivity index (χ0v) is 10.6. The highest BCUT2D eigenvalue weighted by atomic mass is 17.0. The van der Waals surface area contributed by atoms with Crippen LogP contribution in [-0.2, 0) is 9.68 Å². The lowest BCUT2D eigenvalue weighted by Crippen LogP contribution is -2.27. The van der Waals surface area contributed by atoms with Gasteiger partial charge in [0, 0.05) is 17.6 Å². The summed E-state index contributed by atoms with van der Waals surface area (Å²) in [5.41, 5.74) is 0.210. The molecular weight excluding hydrogens is 262 g/mol. The SMILES string of the molecule is CN(OC(=O)c1ccccn1)OC(=O)c1ccccn1. The second-order valence-electron chi connectivity index (χ2n) is 3.63. The maximum absolute atomic E-state index is 11.6. The Morgan fingerprint density at radius 2 is 1.35 bits per heavy atom. The van der Waals surface area contributed by atoms with Crippen LogP contribution in [0, 0.1) is 0 Å². The molecule has 0 unspecified atom stereocenters. The third kappa shape index (κ3) is 3.59. The Balaban J connectivity index is 1.91. The van der Waals surface area contributed by atoms with Crippen LogP contribution in [0.2, 0.25) is 0 Å². The number of hydrogen-bond donors (Lipinski definition) is 0. The van der Waals surface area contributed by atoms with Crippen LogP contribution in [0.25, 0.3) is 0 Å². The number of hydrogen-bond acceptors (Lipinski definition) is 7. The molecule has 0 fully saturated rings. The normalized spacial score (nSPS) is 10.1. The number of carbonyl (C=O) groups is 2. The van der Waals surface area contributed by atoms with E-state index in [1.54, 1.807) is 24.3 Å². The predicted octanol–water partition coefficient (Wildman–Crippen LogP) is 1.25. The monoisotopic (exact) mass is 273 g/mol. The van der Waals surface area contributed by atoms with E-state index in [0.717, 1.165) is 0 Å². The second kappa shape index (κ2) is 6.39.